The largest absolute Gasteiger partial charge is 0.507 e. The maximum Gasteiger partial charge on any atom is 0.270 e. The molecule has 0 aliphatic carbocycles. The highest BCUT2D eigenvalue weighted by Crippen LogP contribution is 2.23. The Hall–Kier alpha value is -3.23. The fraction of sp³-hybridized carbons (Fsp3) is 0.154. The van der Waals surface area contributed by atoms with Crippen LogP contribution in [-0.2, 0) is 0 Å². The van der Waals surface area contributed by atoms with Gasteiger partial charge in [0.1, 0.15) is 5.75 Å². The first kappa shape index (κ1) is 15.2. The van der Waals surface area contributed by atoms with Crippen LogP contribution in [0.25, 0.3) is 0 Å². The third-order valence-corrected chi connectivity index (χ3v) is 2.63. The highest BCUT2D eigenvalue weighted by molar-refractivity contribution is 5.85. The van der Waals surface area contributed by atoms with Gasteiger partial charge in [-0.1, -0.05) is 0 Å². The summed E-state index contributed by atoms with van der Waals surface area (Å²) in [6.45, 7) is 0. The third kappa shape index (κ3) is 3.45. The summed E-state index contributed by atoms with van der Waals surface area (Å²) in [5, 5.41) is 20.4. The number of aromatic nitrogens is 2. The van der Waals surface area contributed by atoms with E-state index in [9.17, 15) is 15.2 Å². The van der Waals surface area contributed by atoms with Gasteiger partial charge in [-0.3, -0.25) is 10.1 Å². The number of benzene rings is 1. The minimum absolute atomic E-state index is 0.0297. The van der Waals surface area contributed by atoms with Crippen molar-refractivity contribution >= 4 is 17.9 Å². The molecule has 1 aromatic carbocycles. The second kappa shape index (κ2) is 6.48. The van der Waals surface area contributed by atoms with Gasteiger partial charge >= 0.3 is 0 Å². The Kier molecular flexibility index (Phi) is 4.47. The predicted molar refractivity (Wildman–Crippen MR) is 77.2 cm³/mol. The minimum atomic E-state index is -0.568. The van der Waals surface area contributed by atoms with Gasteiger partial charge in [-0.25, -0.2) is 4.99 Å². The van der Waals surface area contributed by atoms with E-state index in [1.807, 2.05) is 0 Å². The zero-order chi connectivity index (χ0) is 16.1. The highest BCUT2D eigenvalue weighted by Gasteiger charge is 2.09. The molecule has 0 spiro atoms. The average molecular weight is 304 g/mol. The van der Waals surface area contributed by atoms with Gasteiger partial charge in [0.2, 0.25) is 11.8 Å². The molecule has 0 saturated carbocycles. The van der Waals surface area contributed by atoms with Gasteiger partial charge < -0.3 is 14.6 Å². The number of hydrogen-bond acceptors (Lipinski definition) is 8. The number of nitro groups is 1. The van der Waals surface area contributed by atoms with Gasteiger partial charge in [-0.05, 0) is 6.07 Å². The molecule has 2 aromatic rings. The summed E-state index contributed by atoms with van der Waals surface area (Å²) >= 11 is 0. The molecular formula is C13H12N4O5. The molecule has 0 bridgehead atoms. The summed E-state index contributed by atoms with van der Waals surface area (Å²) < 4.78 is 9.96. The maximum absolute atomic E-state index is 10.7. The van der Waals surface area contributed by atoms with Crippen LogP contribution in [0.1, 0.15) is 5.56 Å². The summed E-state index contributed by atoms with van der Waals surface area (Å²) in [6.07, 6.45) is 1.22. The van der Waals surface area contributed by atoms with E-state index in [-0.39, 0.29) is 34.7 Å². The number of aromatic hydroxyl groups is 1. The molecule has 1 N–H and O–H groups in total. The molecule has 22 heavy (non-hydrogen) atoms. The fourth-order valence-electron chi connectivity index (χ4n) is 1.55. The van der Waals surface area contributed by atoms with Gasteiger partial charge in [0.05, 0.1) is 25.2 Å². The van der Waals surface area contributed by atoms with E-state index >= 15 is 0 Å². The van der Waals surface area contributed by atoms with E-state index in [2.05, 4.69) is 15.0 Å². The van der Waals surface area contributed by atoms with Crippen LogP contribution in [0.3, 0.4) is 0 Å². The molecular weight excluding hydrogens is 292 g/mol. The average Bonchev–Trinajstić information content (AvgIpc) is 2.53. The smallest absolute Gasteiger partial charge is 0.270 e. The molecule has 114 valence electrons. The zero-order valence-corrected chi connectivity index (χ0v) is 11.8. The summed E-state index contributed by atoms with van der Waals surface area (Å²) in [6, 6.07) is 5.07. The quantitative estimate of drug-likeness (QED) is 0.508. The lowest BCUT2D eigenvalue weighted by atomic mass is 10.2. The van der Waals surface area contributed by atoms with Crippen LogP contribution in [0.4, 0.5) is 11.6 Å². The third-order valence-electron chi connectivity index (χ3n) is 2.63. The summed E-state index contributed by atoms with van der Waals surface area (Å²) in [5.74, 6) is 0.385. The zero-order valence-electron chi connectivity index (χ0n) is 11.8. The number of phenols is 1. The molecule has 0 saturated heterocycles. The second-order valence-corrected chi connectivity index (χ2v) is 4.01. The van der Waals surface area contributed by atoms with Crippen LogP contribution in [0.2, 0.25) is 0 Å². The van der Waals surface area contributed by atoms with Gasteiger partial charge in [0.15, 0.2) is 0 Å². The Labute approximate surface area is 125 Å². The Morgan fingerprint density at radius 1 is 1.23 bits per heavy atom. The molecule has 0 unspecified atom stereocenters. The van der Waals surface area contributed by atoms with E-state index < -0.39 is 4.92 Å². The van der Waals surface area contributed by atoms with Crippen molar-refractivity contribution in [2.24, 2.45) is 4.99 Å². The van der Waals surface area contributed by atoms with Crippen LogP contribution >= 0.6 is 0 Å². The van der Waals surface area contributed by atoms with Gasteiger partial charge in [-0.2, -0.15) is 9.97 Å². The molecule has 0 aliphatic heterocycles. The first-order valence-corrected chi connectivity index (χ1v) is 6.02. The van der Waals surface area contributed by atoms with Crippen molar-refractivity contribution in [1.82, 2.24) is 9.97 Å². The minimum Gasteiger partial charge on any atom is -0.507 e. The normalized spacial score (nSPS) is 10.6. The molecule has 1 aromatic heterocycles. The first-order valence-electron chi connectivity index (χ1n) is 6.02. The number of nitrogens with zero attached hydrogens (tertiary/aromatic N) is 4. The molecule has 0 fully saturated rings. The topological polar surface area (TPSA) is 120 Å². The summed E-state index contributed by atoms with van der Waals surface area (Å²) in [5.41, 5.74) is 0.00276. The van der Waals surface area contributed by atoms with Crippen LogP contribution in [0.5, 0.6) is 17.5 Å². The molecule has 0 amide bonds. The fourth-order valence-corrected chi connectivity index (χ4v) is 1.55. The van der Waals surface area contributed by atoms with Crippen molar-refractivity contribution in [1.29, 1.82) is 0 Å². The standard InChI is InChI=1S/C13H12N4O5/c1-21-11-6-12(22-2)16-13(15-11)14-7-8-5-9(17(19)20)3-4-10(8)18/h3-7,18H,1-2H3/b14-7+. The number of methoxy groups -OCH3 is 2. The van der Waals surface area contributed by atoms with Gasteiger partial charge in [0, 0.05) is 23.9 Å². The molecule has 9 heteroatoms. The molecule has 0 aliphatic rings. The summed E-state index contributed by atoms with van der Waals surface area (Å²) in [7, 11) is 2.86. The van der Waals surface area contributed by atoms with E-state index in [4.69, 9.17) is 9.47 Å². The van der Waals surface area contributed by atoms with Crippen LogP contribution in [0, 0.1) is 10.1 Å². The number of ether oxygens (including phenoxy) is 2. The van der Waals surface area contributed by atoms with E-state index in [0.717, 1.165) is 0 Å². The lowest BCUT2D eigenvalue weighted by molar-refractivity contribution is -0.384. The number of non-ortho nitro benzene ring substituents is 1. The molecule has 1 heterocycles. The molecule has 0 atom stereocenters. The van der Waals surface area contributed by atoms with E-state index in [1.165, 1.54) is 44.7 Å². The van der Waals surface area contributed by atoms with E-state index in [0.29, 0.717) is 0 Å². The predicted octanol–water partition coefficient (Wildman–Crippen LogP) is 1.86. The van der Waals surface area contributed by atoms with Crippen molar-refractivity contribution in [3.05, 3.63) is 39.9 Å². The van der Waals surface area contributed by atoms with Crippen molar-refractivity contribution in [2.75, 3.05) is 14.2 Å². The lowest BCUT2D eigenvalue weighted by Crippen LogP contribution is -1.94. The Balaban J connectivity index is 2.36. The molecule has 0 radical (unpaired) electrons. The lowest BCUT2D eigenvalue weighted by Gasteiger charge is -2.03. The van der Waals surface area contributed by atoms with Crippen molar-refractivity contribution in [3.8, 4) is 17.5 Å². The number of phenolic OH excluding ortho intramolecular Hbond substituents is 1. The number of aliphatic imine (C=N–C) groups is 1. The second-order valence-electron chi connectivity index (χ2n) is 4.01. The Bertz CT molecular complexity index is 710. The number of hydrogen-bond donors (Lipinski definition) is 1. The Morgan fingerprint density at radius 3 is 2.41 bits per heavy atom. The van der Waals surface area contributed by atoms with Gasteiger partial charge in [-0.15, -0.1) is 0 Å². The van der Waals surface area contributed by atoms with Crippen LogP contribution in [0.15, 0.2) is 29.3 Å². The summed E-state index contributed by atoms with van der Waals surface area (Å²) in [4.78, 5) is 22.1. The van der Waals surface area contributed by atoms with Gasteiger partial charge in [0.25, 0.3) is 11.6 Å². The van der Waals surface area contributed by atoms with Crippen molar-refractivity contribution in [3.63, 3.8) is 0 Å². The monoisotopic (exact) mass is 304 g/mol. The first-order chi connectivity index (χ1) is 10.5. The molecule has 9 nitrogen and oxygen atoms in total. The Morgan fingerprint density at radius 2 is 1.86 bits per heavy atom. The van der Waals surface area contributed by atoms with E-state index in [1.54, 1.807) is 0 Å². The SMILES string of the molecule is COc1cc(OC)nc(/N=C/c2cc([N+](=O)[O-])ccc2O)n1. The van der Waals surface area contributed by atoms with Crippen LogP contribution < -0.4 is 9.47 Å². The van der Waals surface area contributed by atoms with Crippen molar-refractivity contribution < 1.29 is 19.5 Å². The highest BCUT2D eigenvalue weighted by atomic mass is 16.6. The molecule has 2 rings (SSSR count). The van der Waals surface area contributed by atoms with Crippen molar-refractivity contribution in [2.45, 2.75) is 0 Å². The van der Waals surface area contributed by atoms with Crippen LogP contribution in [-0.4, -0.2) is 40.4 Å². The maximum atomic E-state index is 10.7. The number of nitro benzene ring substituents is 1. The number of rotatable bonds is 5.